The minimum Gasteiger partial charge on any atom is -0.351 e. The molecule has 3 aromatic rings. The highest BCUT2D eigenvalue weighted by atomic mass is 32.1. The number of aromatic nitrogens is 3. The SMILES string of the molecule is CCNC(=O)c1n[nH]c2cc(-c3nc(C)cs3)ccc12. The minimum absolute atomic E-state index is 0.156. The molecule has 0 saturated carbocycles. The van der Waals surface area contributed by atoms with Gasteiger partial charge in [-0.05, 0) is 26.0 Å². The first-order chi connectivity index (χ1) is 9.69. The van der Waals surface area contributed by atoms with Crippen molar-refractivity contribution in [2.75, 3.05) is 6.54 Å². The van der Waals surface area contributed by atoms with Crippen molar-refractivity contribution in [1.82, 2.24) is 20.5 Å². The van der Waals surface area contributed by atoms with Crippen molar-refractivity contribution in [3.63, 3.8) is 0 Å². The zero-order valence-corrected chi connectivity index (χ0v) is 12.0. The van der Waals surface area contributed by atoms with E-state index in [-0.39, 0.29) is 5.91 Å². The lowest BCUT2D eigenvalue weighted by molar-refractivity contribution is 0.0952. The number of fused-ring (bicyclic) bond motifs is 1. The fraction of sp³-hybridized carbons (Fsp3) is 0.214. The number of H-pyrrole nitrogens is 1. The molecule has 1 amide bonds. The van der Waals surface area contributed by atoms with E-state index in [1.807, 2.05) is 37.4 Å². The Kier molecular flexibility index (Phi) is 3.23. The number of amides is 1. The number of aromatic amines is 1. The van der Waals surface area contributed by atoms with E-state index in [4.69, 9.17) is 0 Å². The zero-order chi connectivity index (χ0) is 14.1. The first kappa shape index (κ1) is 12.8. The number of carbonyl (C=O) groups excluding carboxylic acids is 1. The van der Waals surface area contributed by atoms with E-state index in [1.54, 1.807) is 11.3 Å². The molecule has 0 spiro atoms. The van der Waals surface area contributed by atoms with E-state index in [0.29, 0.717) is 12.2 Å². The Morgan fingerprint density at radius 3 is 3.00 bits per heavy atom. The monoisotopic (exact) mass is 286 g/mol. The van der Waals surface area contributed by atoms with Crippen LogP contribution >= 0.6 is 11.3 Å². The predicted octanol–water partition coefficient (Wildman–Crippen LogP) is 2.74. The number of thiazole rings is 1. The predicted molar refractivity (Wildman–Crippen MR) is 79.9 cm³/mol. The Balaban J connectivity index is 2.03. The van der Waals surface area contributed by atoms with Crippen LogP contribution in [0.3, 0.4) is 0 Å². The van der Waals surface area contributed by atoms with Gasteiger partial charge < -0.3 is 5.32 Å². The van der Waals surface area contributed by atoms with Gasteiger partial charge in [0, 0.05) is 28.6 Å². The molecule has 20 heavy (non-hydrogen) atoms. The molecule has 0 bridgehead atoms. The van der Waals surface area contributed by atoms with Gasteiger partial charge in [0.1, 0.15) is 5.01 Å². The normalized spacial score (nSPS) is 10.9. The van der Waals surface area contributed by atoms with Gasteiger partial charge in [-0.15, -0.1) is 11.3 Å². The van der Waals surface area contributed by atoms with E-state index in [9.17, 15) is 4.79 Å². The first-order valence-electron chi connectivity index (χ1n) is 6.38. The summed E-state index contributed by atoms with van der Waals surface area (Å²) in [4.78, 5) is 16.3. The number of aryl methyl sites for hydroxylation is 1. The molecule has 2 aromatic heterocycles. The number of hydrogen-bond donors (Lipinski definition) is 2. The molecule has 0 saturated heterocycles. The third-order valence-electron chi connectivity index (χ3n) is 2.98. The van der Waals surface area contributed by atoms with Crippen LogP contribution in [0.2, 0.25) is 0 Å². The van der Waals surface area contributed by atoms with Crippen molar-refractivity contribution in [2.45, 2.75) is 13.8 Å². The Morgan fingerprint density at radius 2 is 2.30 bits per heavy atom. The van der Waals surface area contributed by atoms with Gasteiger partial charge >= 0.3 is 0 Å². The summed E-state index contributed by atoms with van der Waals surface area (Å²) < 4.78 is 0. The van der Waals surface area contributed by atoms with Crippen LogP contribution in [0.1, 0.15) is 23.1 Å². The molecule has 2 N–H and O–H groups in total. The largest absolute Gasteiger partial charge is 0.351 e. The fourth-order valence-electron chi connectivity index (χ4n) is 2.06. The number of nitrogens with zero attached hydrogens (tertiary/aromatic N) is 2. The van der Waals surface area contributed by atoms with Gasteiger partial charge in [0.2, 0.25) is 0 Å². The Bertz CT molecular complexity index is 774. The summed E-state index contributed by atoms with van der Waals surface area (Å²) in [7, 11) is 0. The summed E-state index contributed by atoms with van der Waals surface area (Å²) in [6, 6.07) is 5.86. The Hall–Kier alpha value is -2.21. The molecular weight excluding hydrogens is 272 g/mol. The highest BCUT2D eigenvalue weighted by Gasteiger charge is 2.14. The van der Waals surface area contributed by atoms with E-state index in [0.717, 1.165) is 27.2 Å². The van der Waals surface area contributed by atoms with Gasteiger partial charge in [-0.25, -0.2) is 4.98 Å². The molecule has 0 aliphatic carbocycles. The highest BCUT2D eigenvalue weighted by Crippen LogP contribution is 2.27. The van der Waals surface area contributed by atoms with Gasteiger partial charge in [-0.1, -0.05) is 6.07 Å². The zero-order valence-electron chi connectivity index (χ0n) is 11.2. The smallest absolute Gasteiger partial charge is 0.272 e. The second-order valence-corrected chi connectivity index (χ2v) is 5.34. The Morgan fingerprint density at radius 1 is 1.45 bits per heavy atom. The Labute approximate surface area is 120 Å². The van der Waals surface area contributed by atoms with E-state index in [1.165, 1.54) is 0 Å². The maximum atomic E-state index is 11.9. The molecule has 1 aromatic carbocycles. The number of rotatable bonds is 3. The highest BCUT2D eigenvalue weighted by molar-refractivity contribution is 7.13. The molecule has 6 heteroatoms. The average molecular weight is 286 g/mol. The molecule has 0 aliphatic rings. The molecule has 0 fully saturated rings. The number of benzene rings is 1. The number of hydrogen-bond acceptors (Lipinski definition) is 4. The molecule has 3 rings (SSSR count). The second-order valence-electron chi connectivity index (χ2n) is 4.49. The van der Waals surface area contributed by atoms with Crippen LogP contribution in [0.4, 0.5) is 0 Å². The molecule has 0 aliphatic heterocycles. The lowest BCUT2D eigenvalue weighted by atomic mass is 10.1. The van der Waals surface area contributed by atoms with Gasteiger partial charge in [0.25, 0.3) is 5.91 Å². The van der Waals surface area contributed by atoms with Crippen molar-refractivity contribution < 1.29 is 4.79 Å². The quantitative estimate of drug-likeness (QED) is 0.777. The number of nitrogens with one attached hydrogen (secondary N) is 2. The van der Waals surface area contributed by atoms with Crippen LogP contribution in [-0.2, 0) is 0 Å². The van der Waals surface area contributed by atoms with Gasteiger partial charge in [0.15, 0.2) is 5.69 Å². The minimum atomic E-state index is -0.156. The molecule has 0 radical (unpaired) electrons. The van der Waals surface area contributed by atoms with Crippen LogP contribution in [0.25, 0.3) is 21.5 Å². The average Bonchev–Trinajstić information content (AvgIpc) is 3.04. The maximum absolute atomic E-state index is 11.9. The molecular formula is C14H14N4OS. The summed E-state index contributed by atoms with van der Waals surface area (Å²) in [5.41, 5.74) is 3.32. The summed E-state index contributed by atoms with van der Waals surface area (Å²) in [5.74, 6) is -0.156. The van der Waals surface area contributed by atoms with Crippen molar-refractivity contribution in [1.29, 1.82) is 0 Å². The molecule has 0 unspecified atom stereocenters. The fourth-order valence-corrected chi connectivity index (χ4v) is 2.85. The molecule has 0 atom stereocenters. The summed E-state index contributed by atoms with van der Waals surface area (Å²) in [6.07, 6.45) is 0. The van der Waals surface area contributed by atoms with Crippen LogP contribution in [0, 0.1) is 6.92 Å². The summed E-state index contributed by atoms with van der Waals surface area (Å²) in [6.45, 7) is 4.45. The van der Waals surface area contributed by atoms with Crippen molar-refractivity contribution in [3.8, 4) is 10.6 Å². The summed E-state index contributed by atoms with van der Waals surface area (Å²) >= 11 is 1.61. The third-order valence-corrected chi connectivity index (χ3v) is 3.99. The lowest BCUT2D eigenvalue weighted by Gasteiger charge is -1.99. The topological polar surface area (TPSA) is 70.7 Å². The molecule has 2 heterocycles. The lowest BCUT2D eigenvalue weighted by Crippen LogP contribution is -2.23. The molecule has 5 nitrogen and oxygen atoms in total. The summed E-state index contributed by atoms with van der Waals surface area (Å²) in [5, 5.41) is 13.6. The van der Waals surface area contributed by atoms with Gasteiger partial charge in [-0.2, -0.15) is 5.10 Å². The standard InChI is InChI=1S/C14H14N4OS/c1-3-15-13(19)12-10-5-4-9(6-11(10)17-18-12)14-16-8(2)7-20-14/h4-7H,3H2,1-2H3,(H,15,19)(H,17,18). The van der Waals surface area contributed by atoms with Crippen molar-refractivity contribution >= 4 is 28.1 Å². The van der Waals surface area contributed by atoms with E-state index >= 15 is 0 Å². The molecule has 102 valence electrons. The van der Waals surface area contributed by atoms with Crippen LogP contribution in [-0.4, -0.2) is 27.6 Å². The van der Waals surface area contributed by atoms with E-state index < -0.39 is 0 Å². The van der Waals surface area contributed by atoms with Gasteiger partial charge in [0.05, 0.1) is 5.52 Å². The van der Waals surface area contributed by atoms with E-state index in [2.05, 4.69) is 20.5 Å². The second kappa shape index (κ2) is 5.05. The van der Waals surface area contributed by atoms with Crippen molar-refractivity contribution in [3.05, 3.63) is 35.0 Å². The maximum Gasteiger partial charge on any atom is 0.272 e. The van der Waals surface area contributed by atoms with Crippen LogP contribution in [0.5, 0.6) is 0 Å². The number of carbonyl (C=O) groups is 1. The van der Waals surface area contributed by atoms with Crippen LogP contribution < -0.4 is 5.32 Å². The third kappa shape index (κ3) is 2.18. The van der Waals surface area contributed by atoms with Gasteiger partial charge in [-0.3, -0.25) is 9.89 Å². The van der Waals surface area contributed by atoms with Crippen molar-refractivity contribution in [2.24, 2.45) is 0 Å². The first-order valence-corrected chi connectivity index (χ1v) is 7.26. The van der Waals surface area contributed by atoms with Crippen LogP contribution in [0.15, 0.2) is 23.6 Å².